The lowest BCUT2D eigenvalue weighted by molar-refractivity contribution is 0.690. The predicted octanol–water partition coefficient (Wildman–Crippen LogP) is 4.59. The molecule has 13 heavy (non-hydrogen) atoms. The molecule has 0 heterocycles. The first-order valence-corrected chi connectivity index (χ1v) is 5.07. The van der Waals surface area contributed by atoms with Gasteiger partial charge in [0.05, 0.1) is 10.0 Å². The third-order valence-corrected chi connectivity index (χ3v) is 2.98. The van der Waals surface area contributed by atoms with Gasteiger partial charge in [0.15, 0.2) is 0 Å². The second-order valence-corrected chi connectivity index (χ2v) is 4.28. The van der Waals surface area contributed by atoms with E-state index in [1.165, 1.54) is 11.5 Å². The SMILES string of the molecule is C[C](c1ccc(Cl)c(Cl)c1)C(C)C. The van der Waals surface area contributed by atoms with Gasteiger partial charge in [0.1, 0.15) is 0 Å². The highest BCUT2D eigenvalue weighted by atomic mass is 35.5. The van der Waals surface area contributed by atoms with Gasteiger partial charge in [0.25, 0.3) is 0 Å². The molecule has 0 bridgehead atoms. The fraction of sp³-hybridized carbons (Fsp3) is 0.364. The third kappa shape index (κ3) is 2.62. The lowest BCUT2D eigenvalue weighted by Crippen LogP contribution is -2.02. The summed E-state index contributed by atoms with van der Waals surface area (Å²) in [6, 6.07) is 5.76. The zero-order valence-corrected chi connectivity index (χ0v) is 9.58. The van der Waals surface area contributed by atoms with E-state index in [0.29, 0.717) is 16.0 Å². The second kappa shape index (κ2) is 4.34. The summed E-state index contributed by atoms with van der Waals surface area (Å²) in [6.07, 6.45) is 0. The average Bonchev–Trinajstić information content (AvgIpc) is 2.08. The first-order valence-electron chi connectivity index (χ1n) is 4.31. The van der Waals surface area contributed by atoms with E-state index >= 15 is 0 Å². The molecular weight excluding hydrogens is 203 g/mol. The first-order chi connectivity index (χ1) is 6.02. The molecule has 0 nitrogen and oxygen atoms in total. The Balaban J connectivity index is 2.97. The summed E-state index contributed by atoms with van der Waals surface area (Å²) in [5.74, 6) is 1.87. The van der Waals surface area contributed by atoms with E-state index in [-0.39, 0.29) is 0 Å². The van der Waals surface area contributed by atoms with E-state index in [2.05, 4.69) is 20.8 Å². The summed E-state index contributed by atoms with van der Waals surface area (Å²) in [4.78, 5) is 0. The van der Waals surface area contributed by atoms with Crippen molar-refractivity contribution in [3.63, 3.8) is 0 Å². The largest absolute Gasteiger partial charge is 0.0827 e. The van der Waals surface area contributed by atoms with Gasteiger partial charge in [-0.2, -0.15) is 0 Å². The number of rotatable bonds is 2. The molecule has 1 aromatic rings. The summed E-state index contributed by atoms with van der Waals surface area (Å²) in [5, 5.41) is 1.24. The molecule has 0 aliphatic rings. The maximum Gasteiger partial charge on any atom is 0.0595 e. The fourth-order valence-electron chi connectivity index (χ4n) is 1.07. The van der Waals surface area contributed by atoms with Crippen molar-refractivity contribution in [1.29, 1.82) is 0 Å². The van der Waals surface area contributed by atoms with Gasteiger partial charge in [-0.1, -0.05) is 50.0 Å². The molecule has 0 N–H and O–H groups in total. The Morgan fingerprint density at radius 1 is 1.15 bits per heavy atom. The Labute approximate surface area is 89.9 Å². The van der Waals surface area contributed by atoms with E-state index < -0.39 is 0 Å². The minimum Gasteiger partial charge on any atom is -0.0827 e. The molecule has 0 aromatic heterocycles. The summed E-state index contributed by atoms with van der Waals surface area (Å²) < 4.78 is 0. The molecule has 1 radical (unpaired) electrons. The minimum absolute atomic E-state index is 0.539. The van der Waals surface area contributed by atoms with Gasteiger partial charge in [-0.3, -0.25) is 0 Å². The second-order valence-electron chi connectivity index (χ2n) is 3.47. The molecular formula is C11H13Cl2. The standard InChI is InChI=1S/C11H13Cl2/c1-7(2)8(3)9-4-5-10(12)11(13)6-9/h4-7H,1-3H3. The molecule has 0 atom stereocenters. The highest BCUT2D eigenvalue weighted by molar-refractivity contribution is 6.42. The zero-order valence-electron chi connectivity index (χ0n) is 8.07. The molecule has 0 fully saturated rings. The van der Waals surface area contributed by atoms with Crippen LogP contribution in [0.5, 0.6) is 0 Å². The highest BCUT2D eigenvalue weighted by Gasteiger charge is 2.11. The quantitative estimate of drug-likeness (QED) is 0.678. The molecule has 71 valence electrons. The molecule has 0 spiro atoms. The van der Waals surface area contributed by atoms with E-state index in [0.717, 1.165) is 0 Å². The molecule has 1 aromatic carbocycles. The molecule has 0 unspecified atom stereocenters. The van der Waals surface area contributed by atoms with Crippen molar-refractivity contribution in [2.75, 3.05) is 0 Å². The van der Waals surface area contributed by atoms with E-state index in [1.807, 2.05) is 18.2 Å². The molecule has 0 aliphatic carbocycles. The van der Waals surface area contributed by atoms with Gasteiger partial charge in [-0.05, 0) is 23.6 Å². The zero-order chi connectivity index (χ0) is 10.0. The monoisotopic (exact) mass is 215 g/mol. The summed E-state index contributed by atoms with van der Waals surface area (Å²) in [5.41, 5.74) is 1.17. The summed E-state index contributed by atoms with van der Waals surface area (Å²) >= 11 is 11.7. The van der Waals surface area contributed by atoms with E-state index in [1.54, 1.807) is 0 Å². The maximum atomic E-state index is 5.92. The minimum atomic E-state index is 0.539. The number of hydrogen-bond acceptors (Lipinski definition) is 0. The normalized spacial score (nSPS) is 11.3. The molecule has 0 saturated heterocycles. The van der Waals surface area contributed by atoms with Crippen LogP contribution in [0.1, 0.15) is 26.3 Å². The van der Waals surface area contributed by atoms with Crippen molar-refractivity contribution in [2.45, 2.75) is 20.8 Å². The lowest BCUT2D eigenvalue weighted by Gasteiger charge is -2.15. The van der Waals surface area contributed by atoms with Crippen LogP contribution in [-0.4, -0.2) is 0 Å². The molecule has 1 rings (SSSR count). The number of benzene rings is 1. The van der Waals surface area contributed by atoms with Crippen LogP contribution in [0.15, 0.2) is 18.2 Å². The fourth-order valence-corrected chi connectivity index (χ4v) is 1.37. The van der Waals surface area contributed by atoms with Crippen molar-refractivity contribution in [2.24, 2.45) is 5.92 Å². The van der Waals surface area contributed by atoms with Crippen molar-refractivity contribution in [3.8, 4) is 0 Å². The van der Waals surface area contributed by atoms with Gasteiger partial charge in [-0.15, -0.1) is 0 Å². The Kier molecular flexibility index (Phi) is 3.63. The highest BCUT2D eigenvalue weighted by Crippen LogP contribution is 2.28. The predicted molar refractivity (Wildman–Crippen MR) is 59.3 cm³/mol. The average molecular weight is 216 g/mol. The van der Waals surface area contributed by atoms with Crippen LogP contribution < -0.4 is 0 Å². The first kappa shape index (κ1) is 10.9. The Morgan fingerprint density at radius 3 is 2.23 bits per heavy atom. The van der Waals surface area contributed by atoms with Crippen molar-refractivity contribution in [1.82, 2.24) is 0 Å². The molecule has 0 aliphatic heterocycles. The van der Waals surface area contributed by atoms with Crippen LogP contribution in [0.25, 0.3) is 0 Å². The topological polar surface area (TPSA) is 0 Å². The van der Waals surface area contributed by atoms with Gasteiger partial charge < -0.3 is 0 Å². The summed E-state index contributed by atoms with van der Waals surface area (Å²) in [7, 11) is 0. The van der Waals surface area contributed by atoms with Crippen molar-refractivity contribution in [3.05, 3.63) is 39.7 Å². The smallest absolute Gasteiger partial charge is 0.0595 e. The lowest BCUT2D eigenvalue weighted by atomic mass is 9.90. The van der Waals surface area contributed by atoms with Crippen LogP contribution in [0.2, 0.25) is 10.0 Å². The van der Waals surface area contributed by atoms with Crippen LogP contribution in [-0.2, 0) is 0 Å². The van der Waals surface area contributed by atoms with Crippen LogP contribution in [0.4, 0.5) is 0 Å². The van der Waals surface area contributed by atoms with Crippen LogP contribution in [0, 0.1) is 11.8 Å². The van der Waals surface area contributed by atoms with Crippen LogP contribution in [0.3, 0.4) is 0 Å². The van der Waals surface area contributed by atoms with Gasteiger partial charge >= 0.3 is 0 Å². The van der Waals surface area contributed by atoms with Gasteiger partial charge in [-0.25, -0.2) is 0 Å². The van der Waals surface area contributed by atoms with Gasteiger partial charge in [0, 0.05) is 5.92 Å². The van der Waals surface area contributed by atoms with Gasteiger partial charge in [0.2, 0.25) is 0 Å². The summed E-state index contributed by atoms with van der Waals surface area (Å²) in [6.45, 7) is 6.44. The van der Waals surface area contributed by atoms with Crippen molar-refractivity contribution < 1.29 is 0 Å². The Bertz CT molecular complexity index is 292. The Morgan fingerprint density at radius 2 is 1.77 bits per heavy atom. The van der Waals surface area contributed by atoms with Crippen LogP contribution >= 0.6 is 23.2 Å². The number of hydrogen-bond donors (Lipinski definition) is 0. The molecule has 0 amide bonds. The molecule has 2 heteroatoms. The van der Waals surface area contributed by atoms with E-state index in [9.17, 15) is 0 Å². The third-order valence-electron chi connectivity index (χ3n) is 2.24. The molecule has 0 saturated carbocycles. The maximum absolute atomic E-state index is 5.92. The number of halogens is 2. The van der Waals surface area contributed by atoms with Crippen molar-refractivity contribution >= 4 is 23.2 Å². The Hall–Kier alpha value is -0.200. The van der Waals surface area contributed by atoms with E-state index in [4.69, 9.17) is 23.2 Å².